The van der Waals surface area contributed by atoms with Crippen LogP contribution < -0.4 is 5.32 Å². The quantitative estimate of drug-likeness (QED) is 0.880. The predicted molar refractivity (Wildman–Crippen MR) is 78.3 cm³/mol. The highest BCUT2D eigenvalue weighted by Gasteiger charge is 2.23. The molecule has 0 atom stereocenters. The molecule has 1 N–H and O–H groups in total. The Balaban J connectivity index is 2.33. The van der Waals surface area contributed by atoms with Crippen LogP contribution in [0.4, 0.5) is 10.2 Å². The molecular formula is C15H16FN3O3. The Bertz CT molecular complexity index is 725. The first-order chi connectivity index (χ1) is 10.4. The maximum atomic E-state index is 13.2. The van der Waals surface area contributed by atoms with E-state index in [2.05, 4.69) is 10.4 Å². The van der Waals surface area contributed by atoms with Gasteiger partial charge in [0.2, 0.25) is 0 Å². The van der Waals surface area contributed by atoms with E-state index in [1.807, 2.05) is 0 Å². The molecule has 22 heavy (non-hydrogen) atoms. The molecule has 1 heterocycles. The molecule has 1 amide bonds. The lowest BCUT2D eigenvalue weighted by Crippen LogP contribution is -2.18. The summed E-state index contributed by atoms with van der Waals surface area (Å²) in [6.07, 6.45) is 0. The molecule has 0 spiro atoms. The van der Waals surface area contributed by atoms with Gasteiger partial charge in [0.15, 0.2) is 0 Å². The zero-order valence-corrected chi connectivity index (χ0v) is 12.5. The third-order valence-electron chi connectivity index (χ3n) is 3.02. The van der Waals surface area contributed by atoms with Crippen LogP contribution in [0.25, 0.3) is 0 Å². The number of anilines is 1. The van der Waals surface area contributed by atoms with Gasteiger partial charge in [0.1, 0.15) is 17.2 Å². The second-order valence-corrected chi connectivity index (χ2v) is 4.62. The van der Waals surface area contributed by atoms with Crippen molar-refractivity contribution in [3.8, 4) is 0 Å². The molecule has 7 heteroatoms. The third-order valence-corrected chi connectivity index (χ3v) is 3.02. The van der Waals surface area contributed by atoms with Gasteiger partial charge in [-0.3, -0.25) is 9.48 Å². The van der Waals surface area contributed by atoms with Crippen LogP contribution in [-0.2, 0) is 11.8 Å². The van der Waals surface area contributed by atoms with E-state index >= 15 is 0 Å². The van der Waals surface area contributed by atoms with Gasteiger partial charge in [-0.05, 0) is 32.0 Å². The standard InChI is InChI=1S/C15H16FN3O3/c1-4-22-15(21)12-9(2)18-19(3)13(12)17-14(20)10-6-5-7-11(16)8-10/h5-8H,4H2,1-3H3,(H,17,20). The number of hydrogen-bond acceptors (Lipinski definition) is 4. The zero-order valence-electron chi connectivity index (χ0n) is 12.5. The third kappa shape index (κ3) is 3.13. The molecule has 0 aliphatic heterocycles. The summed E-state index contributed by atoms with van der Waals surface area (Å²) in [5, 5.41) is 6.68. The normalized spacial score (nSPS) is 10.4. The minimum atomic E-state index is -0.567. The molecule has 0 radical (unpaired) electrons. The van der Waals surface area contributed by atoms with Crippen LogP contribution in [0.2, 0.25) is 0 Å². The lowest BCUT2D eigenvalue weighted by molar-refractivity contribution is 0.0526. The summed E-state index contributed by atoms with van der Waals surface area (Å²) in [5.41, 5.74) is 0.776. The van der Waals surface area contributed by atoms with Crippen molar-refractivity contribution < 1.29 is 18.7 Å². The van der Waals surface area contributed by atoms with Crippen LogP contribution in [0.5, 0.6) is 0 Å². The Kier molecular flexibility index (Phi) is 4.55. The van der Waals surface area contributed by atoms with Gasteiger partial charge < -0.3 is 10.1 Å². The Morgan fingerprint density at radius 1 is 1.41 bits per heavy atom. The molecule has 6 nitrogen and oxygen atoms in total. The smallest absolute Gasteiger partial charge is 0.343 e. The maximum Gasteiger partial charge on any atom is 0.343 e. The first kappa shape index (κ1) is 15.7. The molecule has 0 fully saturated rings. The van der Waals surface area contributed by atoms with Gasteiger partial charge in [-0.15, -0.1) is 0 Å². The molecule has 0 saturated carbocycles. The van der Waals surface area contributed by atoms with Crippen LogP contribution in [0.1, 0.15) is 33.3 Å². The Hall–Kier alpha value is -2.70. The number of nitrogens with zero attached hydrogens (tertiary/aromatic N) is 2. The fourth-order valence-electron chi connectivity index (χ4n) is 2.06. The average Bonchev–Trinajstić information content (AvgIpc) is 2.73. The van der Waals surface area contributed by atoms with Crippen molar-refractivity contribution in [1.82, 2.24) is 9.78 Å². The number of halogens is 1. The number of benzene rings is 1. The van der Waals surface area contributed by atoms with Crippen LogP contribution in [0, 0.1) is 12.7 Å². The topological polar surface area (TPSA) is 73.2 Å². The summed E-state index contributed by atoms with van der Waals surface area (Å²) in [4.78, 5) is 24.2. The summed E-state index contributed by atoms with van der Waals surface area (Å²) in [7, 11) is 1.59. The fourth-order valence-corrected chi connectivity index (χ4v) is 2.06. The van der Waals surface area contributed by atoms with E-state index in [-0.39, 0.29) is 23.6 Å². The number of esters is 1. The first-order valence-electron chi connectivity index (χ1n) is 6.71. The van der Waals surface area contributed by atoms with E-state index in [1.165, 1.54) is 22.9 Å². The van der Waals surface area contributed by atoms with Crippen molar-refractivity contribution in [3.63, 3.8) is 0 Å². The molecule has 2 aromatic rings. The number of ether oxygens (including phenoxy) is 1. The number of aromatic nitrogens is 2. The van der Waals surface area contributed by atoms with Crippen molar-refractivity contribution in [1.29, 1.82) is 0 Å². The lowest BCUT2D eigenvalue weighted by atomic mass is 10.2. The highest BCUT2D eigenvalue weighted by Crippen LogP contribution is 2.21. The van der Waals surface area contributed by atoms with Crippen molar-refractivity contribution >= 4 is 17.7 Å². The molecule has 0 unspecified atom stereocenters. The van der Waals surface area contributed by atoms with Gasteiger partial charge in [0.25, 0.3) is 5.91 Å². The summed E-state index contributed by atoms with van der Waals surface area (Å²) >= 11 is 0. The molecule has 1 aromatic heterocycles. The maximum absolute atomic E-state index is 13.2. The summed E-state index contributed by atoms with van der Waals surface area (Å²) in [5.74, 6) is -1.40. The number of carbonyl (C=O) groups excluding carboxylic acids is 2. The van der Waals surface area contributed by atoms with E-state index < -0.39 is 17.7 Å². The van der Waals surface area contributed by atoms with E-state index in [1.54, 1.807) is 20.9 Å². The Morgan fingerprint density at radius 3 is 2.77 bits per heavy atom. The number of carbonyl (C=O) groups is 2. The number of aryl methyl sites for hydroxylation is 2. The van der Waals surface area contributed by atoms with E-state index in [4.69, 9.17) is 4.74 Å². The van der Waals surface area contributed by atoms with E-state index in [9.17, 15) is 14.0 Å². The molecule has 0 aliphatic carbocycles. The first-order valence-corrected chi connectivity index (χ1v) is 6.71. The second kappa shape index (κ2) is 6.38. The van der Waals surface area contributed by atoms with E-state index in [0.29, 0.717) is 5.69 Å². The minimum absolute atomic E-state index is 0.147. The van der Waals surface area contributed by atoms with Gasteiger partial charge in [0.05, 0.1) is 12.3 Å². The molecule has 2 rings (SSSR count). The van der Waals surface area contributed by atoms with Crippen molar-refractivity contribution in [2.24, 2.45) is 7.05 Å². The monoisotopic (exact) mass is 305 g/mol. The van der Waals surface area contributed by atoms with Gasteiger partial charge in [-0.25, -0.2) is 9.18 Å². The van der Waals surface area contributed by atoms with Crippen LogP contribution in [0.3, 0.4) is 0 Å². The zero-order chi connectivity index (χ0) is 16.3. The van der Waals surface area contributed by atoms with Gasteiger partial charge >= 0.3 is 5.97 Å². The van der Waals surface area contributed by atoms with Gasteiger partial charge in [-0.2, -0.15) is 5.10 Å². The van der Waals surface area contributed by atoms with Crippen LogP contribution >= 0.6 is 0 Å². The molecule has 0 bridgehead atoms. The van der Waals surface area contributed by atoms with Gasteiger partial charge in [-0.1, -0.05) is 6.07 Å². The number of rotatable bonds is 4. The highest BCUT2D eigenvalue weighted by atomic mass is 19.1. The predicted octanol–water partition coefficient (Wildman–Crippen LogP) is 2.30. The second-order valence-electron chi connectivity index (χ2n) is 4.62. The summed E-state index contributed by atoms with van der Waals surface area (Å²) < 4.78 is 19.5. The molecule has 116 valence electrons. The number of amides is 1. The Labute approximate surface area is 126 Å². The highest BCUT2D eigenvalue weighted by molar-refractivity contribution is 6.07. The molecule has 1 aromatic carbocycles. The van der Waals surface area contributed by atoms with Crippen LogP contribution in [0.15, 0.2) is 24.3 Å². The molecular weight excluding hydrogens is 289 g/mol. The van der Waals surface area contributed by atoms with Gasteiger partial charge in [0, 0.05) is 12.6 Å². The van der Waals surface area contributed by atoms with E-state index in [0.717, 1.165) is 6.07 Å². The van der Waals surface area contributed by atoms with Crippen molar-refractivity contribution in [2.45, 2.75) is 13.8 Å². The van der Waals surface area contributed by atoms with Crippen molar-refractivity contribution in [2.75, 3.05) is 11.9 Å². The number of hydrogen-bond donors (Lipinski definition) is 1. The fraction of sp³-hybridized carbons (Fsp3) is 0.267. The largest absolute Gasteiger partial charge is 0.462 e. The summed E-state index contributed by atoms with van der Waals surface area (Å²) in [6, 6.07) is 5.27. The SMILES string of the molecule is CCOC(=O)c1c(C)nn(C)c1NC(=O)c1cccc(F)c1. The number of nitrogens with one attached hydrogen (secondary N) is 1. The van der Waals surface area contributed by atoms with Crippen molar-refractivity contribution in [3.05, 3.63) is 46.9 Å². The van der Waals surface area contributed by atoms with Crippen LogP contribution in [-0.4, -0.2) is 28.3 Å². The minimum Gasteiger partial charge on any atom is -0.462 e. The summed E-state index contributed by atoms with van der Waals surface area (Å²) in [6.45, 7) is 3.54. The molecule has 0 aliphatic rings. The Morgan fingerprint density at radius 2 is 2.14 bits per heavy atom. The lowest BCUT2D eigenvalue weighted by Gasteiger charge is -2.08. The molecule has 0 saturated heterocycles. The average molecular weight is 305 g/mol.